The van der Waals surface area contributed by atoms with Crippen molar-refractivity contribution in [2.45, 2.75) is 46.2 Å². The number of halogens is 1. The van der Waals surface area contributed by atoms with Gasteiger partial charge in [-0.3, -0.25) is 9.58 Å². The Morgan fingerprint density at radius 2 is 2.00 bits per heavy atom. The molecule has 1 N–H and O–H groups in total. The van der Waals surface area contributed by atoms with Crippen molar-refractivity contribution < 1.29 is 0 Å². The van der Waals surface area contributed by atoms with Gasteiger partial charge in [0.15, 0.2) is 0 Å². The molecule has 1 aromatic heterocycles. The zero-order chi connectivity index (χ0) is 14.7. The number of likely N-dealkylation sites (tertiary alicyclic amines) is 1. The molecule has 0 radical (unpaired) electrons. The SMILES string of the molecule is Cc1nn(C)c(CN2CCC(CNC(C)C)CC2)c1Br. The van der Waals surface area contributed by atoms with Crippen molar-refractivity contribution in [2.75, 3.05) is 19.6 Å². The van der Waals surface area contributed by atoms with Gasteiger partial charge in [0.25, 0.3) is 0 Å². The van der Waals surface area contributed by atoms with Crippen LogP contribution in [-0.4, -0.2) is 40.4 Å². The number of nitrogens with zero attached hydrogens (tertiary/aromatic N) is 3. The number of nitrogens with one attached hydrogen (secondary N) is 1. The third-order valence-corrected chi connectivity index (χ3v) is 5.19. The highest BCUT2D eigenvalue weighted by atomic mass is 79.9. The highest BCUT2D eigenvalue weighted by molar-refractivity contribution is 9.10. The van der Waals surface area contributed by atoms with E-state index in [-0.39, 0.29) is 0 Å². The molecule has 1 aliphatic heterocycles. The summed E-state index contributed by atoms with van der Waals surface area (Å²) < 4.78 is 3.18. The minimum Gasteiger partial charge on any atom is -0.314 e. The van der Waals surface area contributed by atoms with Gasteiger partial charge in [-0.2, -0.15) is 5.10 Å². The molecular formula is C15H27BrN4. The van der Waals surface area contributed by atoms with Gasteiger partial charge in [-0.05, 0) is 61.2 Å². The van der Waals surface area contributed by atoms with Crippen LogP contribution in [0.1, 0.15) is 38.1 Å². The van der Waals surface area contributed by atoms with Crippen LogP contribution in [-0.2, 0) is 13.6 Å². The molecule has 1 aromatic rings. The third-order valence-electron chi connectivity index (χ3n) is 4.16. The van der Waals surface area contributed by atoms with Gasteiger partial charge < -0.3 is 5.32 Å². The van der Waals surface area contributed by atoms with Crippen molar-refractivity contribution >= 4 is 15.9 Å². The molecule has 5 heteroatoms. The minimum absolute atomic E-state index is 0.599. The summed E-state index contributed by atoms with van der Waals surface area (Å²) in [5.74, 6) is 0.838. The van der Waals surface area contributed by atoms with E-state index in [0.29, 0.717) is 6.04 Å². The van der Waals surface area contributed by atoms with Crippen molar-refractivity contribution in [3.05, 3.63) is 15.9 Å². The maximum absolute atomic E-state index is 4.47. The van der Waals surface area contributed by atoms with Crippen molar-refractivity contribution in [1.82, 2.24) is 20.0 Å². The van der Waals surface area contributed by atoms with E-state index in [1.54, 1.807) is 0 Å². The summed E-state index contributed by atoms with van der Waals surface area (Å²) in [5.41, 5.74) is 2.37. The predicted octanol–water partition coefficient (Wildman–Crippen LogP) is 2.70. The minimum atomic E-state index is 0.599. The van der Waals surface area contributed by atoms with Gasteiger partial charge >= 0.3 is 0 Å². The Morgan fingerprint density at radius 1 is 1.35 bits per heavy atom. The molecule has 1 saturated heterocycles. The van der Waals surface area contributed by atoms with Crippen LogP contribution in [0.3, 0.4) is 0 Å². The van der Waals surface area contributed by atoms with Gasteiger partial charge in [0, 0.05) is 19.6 Å². The number of piperidine rings is 1. The Kier molecular flexibility index (Phi) is 5.64. The molecule has 0 aliphatic carbocycles. The molecule has 0 saturated carbocycles. The molecule has 0 aromatic carbocycles. The smallest absolute Gasteiger partial charge is 0.0739 e. The number of hydrogen-bond acceptors (Lipinski definition) is 3. The molecule has 1 aliphatic rings. The molecule has 0 unspecified atom stereocenters. The molecule has 0 atom stereocenters. The molecule has 2 rings (SSSR count). The lowest BCUT2D eigenvalue weighted by Gasteiger charge is -2.32. The van der Waals surface area contributed by atoms with E-state index in [2.05, 4.69) is 52.0 Å². The number of aromatic nitrogens is 2. The Balaban J connectivity index is 1.82. The predicted molar refractivity (Wildman–Crippen MR) is 86.8 cm³/mol. The molecular weight excluding hydrogens is 316 g/mol. The second-order valence-electron chi connectivity index (χ2n) is 6.25. The fraction of sp³-hybridized carbons (Fsp3) is 0.800. The van der Waals surface area contributed by atoms with Gasteiger partial charge in [0.2, 0.25) is 0 Å². The van der Waals surface area contributed by atoms with E-state index in [1.807, 2.05) is 11.7 Å². The number of hydrogen-bond donors (Lipinski definition) is 1. The summed E-state index contributed by atoms with van der Waals surface area (Å²) in [7, 11) is 2.03. The average Bonchev–Trinajstić information content (AvgIpc) is 2.64. The standard InChI is InChI=1S/C15H27BrN4/c1-11(2)17-9-13-5-7-20(8-6-13)10-14-15(16)12(3)18-19(14)4/h11,13,17H,5-10H2,1-4H3. The van der Waals surface area contributed by atoms with Crippen LogP contribution in [0.25, 0.3) is 0 Å². The Bertz CT molecular complexity index is 433. The van der Waals surface area contributed by atoms with Crippen LogP contribution in [0.2, 0.25) is 0 Å². The monoisotopic (exact) mass is 342 g/mol. The normalized spacial score (nSPS) is 18.1. The number of rotatable bonds is 5. The zero-order valence-corrected chi connectivity index (χ0v) is 14.7. The molecule has 0 bridgehead atoms. The average molecular weight is 343 g/mol. The molecule has 2 heterocycles. The maximum atomic E-state index is 4.47. The van der Waals surface area contributed by atoms with Crippen LogP contribution in [0.5, 0.6) is 0 Å². The van der Waals surface area contributed by atoms with E-state index in [1.165, 1.54) is 42.6 Å². The van der Waals surface area contributed by atoms with E-state index in [9.17, 15) is 0 Å². The fourth-order valence-corrected chi connectivity index (χ4v) is 3.28. The van der Waals surface area contributed by atoms with Crippen molar-refractivity contribution in [3.8, 4) is 0 Å². The largest absolute Gasteiger partial charge is 0.314 e. The lowest BCUT2D eigenvalue weighted by atomic mass is 9.96. The van der Waals surface area contributed by atoms with Gasteiger partial charge in [-0.1, -0.05) is 13.8 Å². The second kappa shape index (κ2) is 7.05. The highest BCUT2D eigenvalue weighted by Crippen LogP contribution is 2.24. The van der Waals surface area contributed by atoms with Crippen LogP contribution >= 0.6 is 15.9 Å². The van der Waals surface area contributed by atoms with Crippen LogP contribution in [0, 0.1) is 12.8 Å². The Morgan fingerprint density at radius 3 is 2.50 bits per heavy atom. The molecule has 1 fully saturated rings. The first-order valence-electron chi connectivity index (χ1n) is 7.61. The van der Waals surface area contributed by atoms with E-state index in [0.717, 1.165) is 18.2 Å². The summed E-state index contributed by atoms with van der Waals surface area (Å²) in [6, 6.07) is 0.599. The highest BCUT2D eigenvalue weighted by Gasteiger charge is 2.21. The topological polar surface area (TPSA) is 33.1 Å². The summed E-state index contributed by atoms with van der Waals surface area (Å²) in [6.07, 6.45) is 2.60. The molecule has 0 amide bonds. The maximum Gasteiger partial charge on any atom is 0.0739 e. The van der Waals surface area contributed by atoms with Gasteiger partial charge in [-0.25, -0.2) is 0 Å². The van der Waals surface area contributed by atoms with Gasteiger partial charge in [0.05, 0.1) is 15.9 Å². The van der Waals surface area contributed by atoms with E-state index >= 15 is 0 Å². The van der Waals surface area contributed by atoms with Crippen molar-refractivity contribution in [2.24, 2.45) is 13.0 Å². The molecule has 20 heavy (non-hydrogen) atoms. The first-order chi connectivity index (χ1) is 9.47. The van der Waals surface area contributed by atoms with E-state index < -0.39 is 0 Å². The second-order valence-corrected chi connectivity index (χ2v) is 7.05. The summed E-state index contributed by atoms with van der Waals surface area (Å²) in [5, 5.41) is 8.03. The first-order valence-corrected chi connectivity index (χ1v) is 8.40. The molecule has 4 nitrogen and oxygen atoms in total. The van der Waals surface area contributed by atoms with Crippen LogP contribution in [0.4, 0.5) is 0 Å². The van der Waals surface area contributed by atoms with Gasteiger partial charge in [0.1, 0.15) is 0 Å². The lowest BCUT2D eigenvalue weighted by Crippen LogP contribution is -2.38. The Labute approximate surface area is 131 Å². The van der Waals surface area contributed by atoms with Crippen molar-refractivity contribution in [1.29, 1.82) is 0 Å². The third kappa shape index (κ3) is 4.06. The lowest BCUT2D eigenvalue weighted by molar-refractivity contribution is 0.170. The van der Waals surface area contributed by atoms with E-state index in [4.69, 9.17) is 0 Å². The Hall–Kier alpha value is -0.390. The number of aryl methyl sites for hydroxylation is 2. The quantitative estimate of drug-likeness (QED) is 0.892. The zero-order valence-electron chi connectivity index (χ0n) is 13.1. The van der Waals surface area contributed by atoms with Gasteiger partial charge in [-0.15, -0.1) is 0 Å². The summed E-state index contributed by atoms with van der Waals surface area (Å²) in [4.78, 5) is 2.55. The van der Waals surface area contributed by atoms with Crippen molar-refractivity contribution in [3.63, 3.8) is 0 Å². The molecule has 0 spiro atoms. The first kappa shape index (κ1) is 16.0. The summed E-state index contributed by atoms with van der Waals surface area (Å²) in [6.45, 7) is 11.1. The van der Waals surface area contributed by atoms with Crippen LogP contribution < -0.4 is 5.32 Å². The molecule has 114 valence electrons. The summed E-state index contributed by atoms with van der Waals surface area (Å²) >= 11 is 3.66. The fourth-order valence-electron chi connectivity index (χ4n) is 2.81. The van der Waals surface area contributed by atoms with Crippen LogP contribution in [0.15, 0.2) is 4.47 Å².